The monoisotopic (exact) mass is 333 g/mol. The van der Waals surface area contributed by atoms with Crippen LogP contribution in [0.1, 0.15) is 0 Å². The number of nitrogen functional groups attached to an aromatic ring is 2. The smallest absolute Gasteiger partial charge is 0.222 e. The van der Waals surface area contributed by atoms with Crippen molar-refractivity contribution in [3.63, 3.8) is 0 Å². The van der Waals surface area contributed by atoms with Crippen molar-refractivity contribution in [2.45, 2.75) is 0 Å². The summed E-state index contributed by atoms with van der Waals surface area (Å²) in [7, 11) is 0. The zero-order valence-electron chi connectivity index (χ0n) is 12.7. The first-order valence-electron chi connectivity index (χ1n) is 7.43. The van der Waals surface area contributed by atoms with Gasteiger partial charge in [0.15, 0.2) is 5.82 Å². The van der Waals surface area contributed by atoms with Gasteiger partial charge in [-0.25, -0.2) is 10.8 Å². The number of thiophene rings is 1. The van der Waals surface area contributed by atoms with Crippen LogP contribution in [0.4, 0.5) is 11.8 Å². The molecule has 24 heavy (non-hydrogen) atoms. The molecule has 0 saturated heterocycles. The van der Waals surface area contributed by atoms with Gasteiger partial charge in [-0.05, 0) is 40.3 Å². The molecule has 2 aromatic heterocycles. The molecule has 0 spiro atoms. The van der Waals surface area contributed by atoms with Gasteiger partial charge in [-0.1, -0.05) is 36.4 Å². The van der Waals surface area contributed by atoms with Crippen molar-refractivity contribution in [3.05, 3.63) is 60.0 Å². The molecule has 0 fully saturated rings. The van der Waals surface area contributed by atoms with E-state index in [1.54, 1.807) is 11.3 Å². The Morgan fingerprint density at radius 1 is 0.875 bits per heavy atom. The minimum atomic E-state index is 0.198. The summed E-state index contributed by atoms with van der Waals surface area (Å²) in [5, 5.41) is 2.92. The molecule has 0 radical (unpaired) electrons. The summed E-state index contributed by atoms with van der Waals surface area (Å²) in [6.07, 6.45) is 0. The number of hydrogen-bond acceptors (Lipinski definition) is 6. The number of anilines is 2. The molecule has 0 aliphatic carbocycles. The molecule has 2 aromatic carbocycles. The number of aromatic nitrogens is 2. The number of hydrazine groups is 1. The van der Waals surface area contributed by atoms with Gasteiger partial charge in [0.2, 0.25) is 5.95 Å². The second-order valence-electron chi connectivity index (χ2n) is 5.36. The van der Waals surface area contributed by atoms with Crippen LogP contribution in [0, 0.1) is 0 Å². The Kier molecular flexibility index (Phi) is 3.60. The van der Waals surface area contributed by atoms with E-state index in [1.807, 2.05) is 18.2 Å². The molecule has 0 aliphatic heterocycles. The molecular weight excluding hydrogens is 318 g/mol. The molecule has 5 nitrogen and oxygen atoms in total. The first-order valence-corrected chi connectivity index (χ1v) is 8.31. The lowest BCUT2D eigenvalue weighted by atomic mass is 10.0. The summed E-state index contributed by atoms with van der Waals surface area (Å²) in [6, 6.07) is 18.6. The summed E-state index contributed by atoms with van der Waals surface area (Å²) >= 11 is 1.74. The fraction of sp³-hybridized carbons (Fsp3) is 0. The Morgan fingerprint density at radius 3 is 2.33 bits per heavy atom. The maximum absolute atomic E-state index is 5.70. The predicted molar refractivity (Wildman–Crippen MR) is 101 cm³/mol. The highest BCUT2D eigenvalue weighted by Crippen LogP contribution is 2.30. The number of nitrogens with two attached hydrogens (primary N) is 2. The zero-order valence-corrected chi connectivity index (χ0v) is 13.5. The Bertz CT molecular complexity index is 994. The van der Waals surface area contributed by atoms with Crippen LogP contribution in [0.25, 0.3) is 32.5 Å². The lowest BCUT2D eigenvalue weighted by Crippen LogP contribution is -2.11. The summed E-state index contributed by atoms with van der Waals surface area (Å²) in [4.78, 5) is 9.64. The zero-order chi connectivity index (χ0) is 16.5. The van der Waals surface area contributed by atoms with E-state index in [-0.39, 0.29) is 5.95 Å². The third-order valence-electron chi connectivity index (χ3n) is 3.87. The van der Waals surface area contributed by atoms with E-state index in [2.05, 4.69) is 57.2 Å². The number of hydrogen-bond donors (Lipinski definition) is 3. The molecule has 0 unspecified atom stereocenters. The molecule has 6 heteroatoms. The summed E-state index contributed by atoms with van der Waals surface area (Å²) in [5.41, 5.74) is 12.5. The third-order valence-corrected chi connectivity index (χ3v) is 4.79. The third kappa shape index (κ3) is 2.58. The second kappa shape index (κ2) is 5.92. The fourth-order valence-electron chi connectivity index (χ4n) is 2.71. The molecule has 118 valence electrons. The highest BCUT2D eigenvalue weighted by molar-refractivity contribution is 7.13. The molecular formula is C18H15N5S. The van der Waals surface area contributed by atoms with Crippen LogP contribution >= 0.6 is 11.3 Å². The average Bonchev–Trinajstić information content (AvgIpc) is 3.15. The van der Waals surface area contributed by atoms with Crippen molar-refractivity contribution in [2.24, 2.45) is 5.84 Å². The number of nitrogens with one attached hydrogen (secondary N) is 1. The minimum Gasteiger partial charge on any atom is -0.368 e. The molecule has 0 atom stereocenters. The molecule has 0 amide bonds. The minimum absolute atomic E-state index is 0.198. The maximum Gasteiger partial charge on any atom is 0.222 e. The Morgan fingerprint density at radius 2 is 1.62 bits per heavy atom. The Balaban J connectivity index is 1.77. The van der Waals surface area contributed by atoms with Crippen molar-refractivity contribution in [3.8, 4) is 21.6 Å². The highest BCUT2D eigenvalue weighted by Gasteiger charge is 2.08. The average molecular weight is 333 g/mol. The molecule has 2 heterocycles. The Labute approximate surface area is 143 Å². The number of fused-ring (bicyclic) bond motifs is 1. The predicted octanol–water partition coefficient (Wildman–Crippen LogP) is 3.89. The van der Waals surface area contributed by atoms with Gasteiger partial charge in [0.25, 0.3) is 0 Å². The molecule has 0 bridgehead atoms. The van der Waals surface area contributed by atoms with Crippen LogP contribution in [0.15, 0.2) is 60.0 Å². The normalized spacial score (nSPS) is 10.9. The number of benzene rings is 2. The van der Waals surface area contributed by atoms with E-state index in [9.17, 15) is 0 Å². The first kappa shape index (κ1) is 14.6. The van der Waals surface area contributed by atoms with Crippen molar-refractivity contribution in [1.82, 2.24) is 9.97 Å². The van der Waals surface area contributed by atoms with Crippen molar-refractivity contribution >= 4 is 34.0 Å². The second-order valence-corrected chi connectivity index (χ2v) is 6.31. The van der Waals surface area contributed by atoms with E-state index in [1.165, 1.54) is 10.4 Å². The largest absolute Gasteiger partial charge is 0.368 e. The summed E-state index contributed by atoms with van der Waals surface area (Å²) in [5.74, 6) is 6.27. The molecule has 0 saturated carbocycles. The molecule has 4 aromatic rings. The lowest BCUT2D eigenvalue weighted by molar-refractivity contribution is 1.19. The SMILES string of the molecule is NNc1nc(N)nc2ccc(-c3ccc(-c4cccs4)cc3)cc12. The fourth-order valence-corrected chi connectivity index (χ4v) is 3.44. The van der Waals surface area contributed by atoms with Crippen LogP contribution in [0.3, 0.4) is 0 Å². The van der Waals surface area contributed by atoms with E-state index in [0.29, 0.717) is 5.82 Å². The van der Waals surface area contributed by atoms with Crippen LogP contribution in [-0.2, 0) is 0 Å². The van der Waals surface area contributed by atoms with Gasteiger partial charge >= 0.3 is 0 Å². The summed E-state index contributed by atoms with van der Waals surface area (Å²) < 4.78 is 0. The van der Waals surface area contributed by atoms with Gasteiger partial charge in [-0.15, -0.1) is 11.3 Å². The van der Waals surface area contributed by atoms with E-state index in [4.69, 9.17) is 11.6 Å². The number of rotatable bonds is 3. The maximum atomic E-state index is 5.70. The number of nitrogens with zero attached hydrogens (tertiary/aromatic N) is 2. The topological polar surface area (TPSA) is 89.8 Å². The van der Waals surface area contributed by atoms with Crippen LogP contribution in [0.5, 0.6) is 0 Å². The van der Waals surface area contributed by atoms with Gasteiger partial charge in [-0.2, -0.15) is 4.98 Å². The van der Waals surface area contributed by atoms with E-state index in [0.717, 1.165) is 22.0 Å². The first-order chi connectivity index (χ1) is 11.7. The molecule has 0 aliphatic rings. The van der Waals surface area contributed by atoms with Crippen molar-refractivity contribution in [1.29, 1.82) is 0 Å². The van der Waals surface area contributed by atoms with E-state index >= 15 is 0 Å². The highest BCUT2D eigenvalue weighted by atomic mass is 32.1. The Hall–Kier alpha value is -2.96. The summed E-state index contributed by atoms with van der Waals surface area (Å²) in [6.45, 7) is 0. The van der Waals surface area contributed by atoms with Gasteiger partial charge in [0.1, 0.15) is 0 Å². The van der Waals surface area contributed by atoms with E-state index < -0.39 is 0 Å². The van der Waals surface area contributed by atoms with Crippen LogP contribution in [-0.4, -0.2) is 9.97 Å². The van der Waals surface area contributed by atoms with Crippen LogP contribution in [0.2, 0.25) is 0 Å². The van der Waals surface area contributed by atoms with Gasteiger partial charge in [-0.3, -0.25) is 0 Å². The molecule has 4 rings (SSSR count). The van der Waals surface area contributed by atoms with Gasteiger partial charge in [0, 0.05) is 10.3 Å². The van der Waals surface area contributed by atoms with Gasteiger partial charge in [0.05, 0.1) is 5.52 Å². The molecule has 5 N–H and O–H groups in total. The quantitative estimate of drug-likeness (QED) is 0.391. The lowest BCUT2D eigenvalue weighted by Gasteiger charge is -2.08. The van der Waals surface area contributed by atoms with Crippen molar-refractivity contribution in [2.75, 3.05) is 11.2 Å². The van der Waals surface area contributed by atoms with Crippen molar-refractivity contribution < 1.29 is 0 Å². The van der Waals surface area contributed by atoms with Crippen LogP contribution < -0.4 is 17.0 Å². The van der Waals surface area contributed by atoms with Gasteiger partial charge < -0.3 is 11.2 Å². The standard InChI is InChI=1S/C18H15N5S/c19-18-21-15-8-7-13(10-14(15)17(22-18)23-20)11-3-5-12(6-4-11)16-2-1-9-24-16/h1-10H,20H2,(H3,19,21,22,23).